The number of hydrogen-bond donors (Lipinski definition) is 2. The lowest BCUT2D eigenvalue weighted by atomic mass is 9.88. The van der Waals surface area contributed by atoms with Crippen molar-refractivity contribution < 1.29 is 14.4 Å². The summed E-state index contributed by atoms with van der Waals surface area (Å²) in [7, 11) is 0. The first-order chi connectivity index (χ1) is 13.8. The molecule has 5 nitrogen and oxygen atoms in total. The number of benzene rings is 2. The first-order valence-corrected chi connectivity index (χ1v) is 10.1. The van der Waals surface area contributed by atoms with E-state index in [9.17, 15) is 9.59 Å². The van der Waals surface area contributed by atoms with E-state index in [1.54, 1.807) is 0 Å². The Morgan fingerprint density at radius 2 is 1.40 bits per heavy atom. The van der Waals surface area contributed by atoms with Gasteiger partial charge in [0.05, 0.1) is 6.42 Å². The maximum absolute atomic E-state index is 12.0. The highest BCUT2D eigenvalue weighted by Crippen LogP contribution is 2.18. The molecule has 3 N–H and O–H groups in total. The molecule has 0 aromatic heterocycles. The summed E-state index contributed by atoms with van der Waals surface area (Å²) in [6, 6.07) is 17.7. The van der Waals surface area contributed by atoms with E-state index in [1.165, 1.54) is 11.1 Å². The van der Waals surface area contributed by atoms with E-state index in [0.717, 1.165) is 31.2 Å². The molecular formula is C24H33ClN2O3. The fourth-order valence-electron chi connectivity index (χ4n) is 2.87. The van der Waals surface area contributed by atoms with Gasteiger partial charge in [-0.15, -0.1) is 12.4 Å². The smallest absolute Gasteiger partial charge is 0.339 e. The van der Waals surface area contributed by atoms with Crippen molar-refractivity contribution in [3.8, 4) is 0 Å². The van der Waals surface area contributed by atoms with Gasteiger partial charge in [0.25, 0.3) is 5.91 Å². The van der Waals surface area contributed by atoms with Crippen LogP contribution < -0.4 is 11.2 Å². The van der Waals surface area contributed by atoms with E-state index in [1.807, 2.05) is 51.1 Å². The predicted octanol–water partition coefficient (Wildman–Crippen LogP) is 4.16. The molecule has 0 fully saturated rings. The maximum Gasteiger partial charge on any atom is 0.349 e. The first kappa shape index (κ1) is 25.7. The van der Waals surface area contributed by atoms with Crippen LogP contribution in [0.15, 0.2) is 54.6 Å². The molecular weight excluding hydrogens is 400 g/mol. The third-order valence-electron chi connectivity index (χ3n) is 4.86. The molecule has 0 spiro atoms. The van der Waals surface area contributed by atoms with E-state index in [0.29, 0.717) is 0 Å². The van der Waals surface area contributed by atoms with Gasteiger partial charge in [0.15, 0.2) is 0 Å². The monoisotopic (exact) mass is 432 g/mol. The number of hydroxylamine groups is 1. The Kier molecular flexibility index (Phi) is 10.6. The summed E-state index contributed by atoms with van der Waals surface area (Å²) in [6.07, 6.45) is 4.53. The number of rotatable bonds is 8. The fraction of sp³-hybridized carbons (Fsp3) is 0.417. The standard InChI is InChI=1S/C24H32N2O3.ClH/c1-24(2,3)22(25)23(28)29-26-21(27)17-20-15-13-19(14-16-20)12-8-7-11-18-9-5-4-6-10-18;/h4-6,9-10,13-16,22H,7-8,11-12,17,25H2,1-3H3,(H,26,27);1H. The third-order valence-corrected chi connectivity index (χ3v) is 4.86. The van der Waals surface area contributed by atoms with E-state index in [2.05, 4.69) is 29.7 Å². The summed E-state index contributed by atoms with van der Waals surface area (Å²) in [6.45, 7) is 5.51. The molecule has 1 amide bonds. The number of amides is 1. The van der Waals surface area contributed by atoms with Gasteiger partial charge in [-0.25, -0.2) is 4.79 Å². The van der Waals surface area contributed by atoms with Crippen LogP contribution in [-0.2, 0) is 33.7 Å². The highest BCUT2D eigenvalue weighted by molar-refractivity contribution is 5.85. The van der Waals surface area contributed by atoms with Gasteiger partial charge in [-0.05, 0) is 47.8 Å². The largest absolute Gasteiger partial charge is 0.349 e. The van der Waals surface area contributed by atoms with Crippen LogP contribution in [0.25, 0.3) is 0 Å². The van der Waals surface area contributed by atoms with Gasteiger partial charge >= 0.3 is 5.97 Å². The number of aryl methyl sites for hydroxylation is 2. The summed E-state index contributed by atoms with van der Waals surface area (Å²) in [5, 5.41) is 0. The van der Waals surface area contributed by atoms with Gasteiger partial charge in [-0.2, -0.15) is 5.48 Å². The third kappa shape index (κ3) is 8.97. The van der Waals surface area contributed by atoms with Crippen LogP contribution in [-0.4, -0.2) is 17.9 Å². The molecule has 1 atom stereocenters. The molecule has 0 aliphatic heterocycles. The number of hydrogen-bond acceptors (Lipinski definition) is 4. The quantitative estimate of drug-likeness (QED) is 0.484. The van der Waals surface area contributed by atoms with Crippen LogP contribution >= 0.6 is 12.4 Å². The highest BCUT2D eigenvalue weighted by atomic mass is 35.5. The van der Waals surface area contributed by atoms with Gasteiger partial charge in [0.2, 0.25) is 0 Å². The molecule has 0 saturated carbocycles. The van der Waals surface area contributed by atoms with Gasteiger partial charge in [0.1, 0.15) is 6.04 Å². The minimum atomic E-state index is -0.802. The normalized spacial score (nSPS) is 11.9. The van der Waals surface area contributed by atoms with Crippen LogP contribution in [0, 0.1) is 5.41 Å². The average molecular weight is 433 g/mol. The number of unbranched alkanes of at least 4 members (excludes halogenated alkanes) is 1. The van der Waals surface area contributed by atoms with Gasteiger partial charge in [-0.1, -0.05) is 75.4 Å². The first-order valence-electron chi connectivity index (χ1n) is 10.1. The van der Waals surface area contributed by atoms with Crippen LogP contribution in [0.5, 0.6) is 0 Å². The summed E-state index contributed by atoms with van der Waals surface area (Å²) in [5.41, 5.74) is 11.1. The Morgan fingerprint density at radius 3 is 1.93 bits per heavy atom. The Hall–Kier alpha value is -2.37. The molecule has 0 saturated heterocycles. The van der Waals surface area contributed by atoms with Crippen LogP contribution in [0.3, 0.4) is 0 Å². The SMILES string of the molecule is CC(C)(C)C(N)C(=O)ONC(=O)Cc1ccc(CCCCc2ccccc2)cc1.Cl. The van der Waals surface area contributed by atoms with E-state index in [4.69, 9.17) is 10.6 Å². The maximum atomic E-state index is 12.0. The lowest BCUT2D eigenvalue weighted by molar-refractivity contribution is -0.161. The molecule has 6 heteroatoms. The topological polar surface area (TPSA) is 81.4 Å². The van der Waals surface area contributed by atoms with Crippen molar-refractivity contribution in [3.63, 3.8) is 0 Å². The molecule has 0 bridgehead atoms. The molecule has 0 radical (unpaired) electrons. The summed E-state index contributed by atoms with van der Waals surface area (Å²) in [5.74, 6) is -1.02. The van der Waals surface area contributed by atoms with Gasteiger partial charge in [0, 0.05) is 0 Å². The van der Waals surface area contributed by atoms with Crippen molar-refractivity contribution in [1.82, 2.24) is 5.48 Å². The molecule has 164 valence electrons. The number of nitrogens with one attached hydrogen (secondary N) is 1. The van der Waals surface area contributed by atoms with Crippen LogP contribution in [0.1, 0.15) is 50.3 Å². The molecule has 2 aromatic carbocycles. The molecule has 0 aliphatic rings. The highest BCUT2D eigenvalue weighted by Gasteiger charge is 2.29. The number of carbonyl (C=O) groups excluding carboxylic acids is 2. The molecule has 0 aliphatic carbocycles. The van der Waals surface area contributed by atoms with Gasteiger partial charge < -0.3 is 10.6 Å². The summed E-state index contributed by atoms with van der Waals surface area (Å²) >= 11 is 0. The van der Waals surface area contributed by atoms with E-state index in [-0.39, 0.29) is 24.7 Å². The zero-order valence-electron chi connectivity index (χ0n) is 18.0. The molecule has 2 aromatic rings. The predicted molar refractivity (Wildman–Crippen MR) is 122 cm³/mol. The number of nitrogens with two attached hydrogens (primary N) is 1. The second kappa shape index (κ2) is 12.4. The Balaban J connectivity index is 0.00000450. The minimum absolute atomic E-state index is 0. The Labute approximate surface area is 185 Å². The second-order valence-electron chi connectivity index (χ2n) is 8.48. The minimum Gasteiger partial charge on any atom is -0.339 e. The lowest BCUT2D eigenvalue weighted by Crippen LogP contribution is -2.46. The number of halogens is 1. The lowest BCUT2D eigenvalue weighted by Gasteiger charge is -2.24. The second-order valence-corrected chi connectivity index (χ2v) is 8.48. The molecule has 30 heavy (non-hydrogen) atoms. The fourth-order valence-corrected chi connectivity index (χ4v) is 2.87. The van der Waals surface area contributed by atoms with Crippen molar-refractivity contribution >= 4 is 24.3 Å². The average Bonchev–Trinajstić information content (AvgIpc) is 2.70. The summed E-state index contributed by atoms with van der Waals surface area (Å²) in [4.78, 5) is 28.7. The molecule has 0 heterocycles. The van der Waals surface area contributed by atoms with Crippen molar-refractivity contribution in [2.75, 3.05) is 0 Å². The summed E-state index contributed by atoms with van der Waals surface area (Å²) < 4.78 is 0. The molecule has 2 rings (SSSR count). The van der Waals surface area contributed by atoms with E-state index < -0.39 is 17.4 Å². The zero-order valence-corrected chi connectivity index (χ0v) is 18.8. The Morgan fingerprint density at radius 1 is 0.900 bits per heavy atom. The molecule has 1 unspecified atom stereocenters. The van der Waals surface area contributed by atoms with Crippen molar-refractivity contribution in [2.24, 2.45) is 11.1 Å². The van der Waals surface area contributed by atoms with Crippen LogP contribution in [0.4, 0.5) is 0 Å². The van der Waals surface area contributed by atoms with Gasteiger partial charge in [-0.3, -0.25) is 4.79 Å². The Bertz CT molecular complexity index is 786. The number of carbonyl (C=O) groups is 2. The van der Waals surface area contributed by atoms with Crippen molar-refractivity contribution in [1.29, 1.82) is 0 Å². The van der Waals surface area contributed by atoms with E-state index >= 15 is 0 Å². The zero-order chi connectivity index (χ0) is 21.3. The van der Waals surface area contributed by atoms with Crippen molar-refractivity contribution in [3.05, 3.63) is 71.3 Å². The van der Waals surface area contributed by atoms with Crippen molar-refractivity contribution in [2.45, 2.75) is 58.9 Å². The van der Waals surface area contributed by atoms with Crippen LogP contribution in [0.2, 0.25) is 0 Å².